The first-order valence-corrected chi connectivity index (χ1v) is 12.5. The van der Waals surface area contributed by atoms with Gasteiger partial charge in [0.05, 0.1) is 0 Å². The van der Waals surface area contributed by atoms with Gasteiger partial charge in [0.1, 0.15) is 0 Å². The molecule has 2 saturated heterocycles. The first-order valence-electron chi connectivity index (χ1n) is 12.5. The van der Waals surface area contributed by atoms with Crippen molar-refractivity contribution in [1.82, 2.24) is 10.2 Å². The van der Waals surface area contributed by atoms with Crippen molar-refractivity contribution >= 4 is 17.5 Å². The molecule has 2 aliphatic heterocycles. The van der Waals surface area contributed by atoms with Gasteiger partial charge >= 0.3 is 0 Å². The van der Waals surface area contributed by atoms with Gasteiger partial charge < -0.3 is 5.32 Å². The third-order valence-electron chi connectivity index (χ3n) is 8.28. The molecule has 2 unspecified atom stereocenters. The molecule has 2 atom stereocenters. The fourth-order valence-electron chi connectivity index (χ4n) is 6.06. The maximum absolute atomic E-state index is 12.0. The van der Waals surface area contributed by atoms with Crippen LogP contribution in [0.25, 0.3) is 0 Å². The maximum Gasteiger partial charge on any atom is 0.227 e. The molecule has 33 heavy (non-hydrogen) atoms. The number of benzene rings is 2. The predicted octanol–water partition coefficient (Wildman–Crippen LogP) is 4.12. The highest BCUT2D eigenvalue weighted by Gasteiger charge is 2.54. The van der Waals surface area contributed by atoms with Gasteiger partial charge in [-0.1, -0.05) is 50.2 Å². The van der Waals surface area contributed by atoms with Crippen molar-refractivity contribution in [3.05, 3.63) is 65.2 Å². The normalized spacial score (nSPS) is 26.1. The smallest absolute Gasteiger partial charge is 0.227 e. The van der Waals surface area contributed by atoms with E-state index in [0.717, 1.165) is 54.9 Å². The molecule has 2 amide bonds. The predicted molar refractivity (Wildman–Crippen MR) is 131 cm³/mol. The fourth-order valence-corrected chi connectivity index (χ4v) is 6.06. The molecule has 0 aromatic heterocycles. The summed E-state index contributed by atoms with van der Waals surface area (Å²) >= 11 is 0. The van der Waals surface area contributed by atoms with E-state index in [1.165, 1.54) is 24.2 Å². The van der Waals surface area contributed by atoms with E-state index in [0.29, 0.717) is 12.8 Å². The molecular formula is C28H35N3O2. The summed E-state index contributed by atoms with van der Waals surface area (Å²) in [7, 11) is 0. The number of imide groups is 1. The number of hydrogen-bond acceptors (Lipinski definition) is 4. The minimum atomic E-state index is -0.369. The Balaban J connectivity index is 1.11. The summed E-state index contributed by atoms with van der Waals surface area (Å²) in [5.74, 6) is 2.08. The van der Waals surface area contributed by atoms with Crippen molar-refractivity contribution in [3.63, 3.8) is 0 Å². The summed E-state index contributed by atoms with van der Waals surface area (Å²) in [5.41, 5.74) is 4.67. The molecule has 2 aromatic carbocycles. The molecule has 2 aromatic rings. The zero-order valence-corrected chi connectivity index (χ0v) is 19.8. The van der Waals surface area contributed by atoms with Crippen LogP contribution < -0.4 is 10.6 Å². The largest absolute Gasteiger partial charge is 0.385 e. The molecule has 0 spiro atoms. The second kappa shape index (κ2) is 8.94. The molecule has 174 valence electrons. The average Bonchev–Trinajstić information content (AvgIpc) is 3.28. The van der Waals surface area contributed by atoms with Gasteiger partial charge in [-0.2, -0.15) is 0 Å². The fraction of sp³-hybridized carbons (Fsp3) is 0.500. The van der Waals surface area contributed by atoms with Crippen LogP contribution in [0.15, 0.2) is 48.5 Å². The topological polar surface area (TPSA) is 61.4 Å². The number of carbonyl (C=O) groups is 2. The lowest BCUT2D eigenvalue weighted by Crippen LogP contribution is -2.46. The molecule has 3 fully saturated rings. The summed E-state index contributed by atoms with van der Waals surface area (Å²) in [6.45, 7) is 8.77. The molecule has 5 nitrogen and oxygen atoms in total. The van der Waals surface area contributed by atoms with E-state index in [4.69, 9.17) is 0 Å². The second-order valence-electron chi connectivity index (χ2n) is 10.3. The maximum atomic E-state index is 12.0. The Morgan fingerprint density at radius 2 is 1.52 bits per heavy atom. The molecule has 1 saturated carbocycles. The van der Waals surface area contributed by atoms with Crippen LogP contribution in [0, 0.1) is 17.8 Å². The second-order valence-corrected chi connectivity index (χ2v) is 10.3. The van der Waals surface area contributed by atoms with Crippen molar-refractivity contribution in [2.75, 3.05) is 25.0 Å². The third kappa shape index (κ3) is 4.56. The molecule has 0 bridgehead atoms. The molecule has 2 heterocycles. The summed E-state index contributed by atoms with van der Waals surface area (Å²) in [5, 5.41) is 6.06. The van der Waals surface area contributed by atoms with Crippen LogP contribution in [0.3, 0.4) is 0 Å². The molecule has 1 aliphatic carbocycles. The van der Waals surface area contributed by atoms with Crippen LogP contribution >= 0.6 is 0 Å². The number of aryl methyl sites for hydroxylation is 1. The number of nitrogens with one attached hydrogen (secondary N) is 2. The van der Waals surface area contributed by atoms with Crippen LogP contribution in [0.5, 0.6) is 0 Å². The van der Waals surface area contributed by atoms with Gasteiger partial charge in [-0.3, -0.25) is 19.8 Å². The summed E-state index contributed by atoms with van der Waals surface area (Å²) in [6, 6.07) is 17.5. The highest BCUT2D eigenvalue weighted by molar-refractivity contribution is 5.99. The minimum absolute atomic E-state index is 0.164. The van der Waals surface area contributed by atoms with Gasteiger partial charge in [-0.25, -0.2) is 0 Å². The Morgan fingerprint density at radius 3 is 2.09 bits per heavy atom. The molecule has 2 N–H and O–H groups in total. The Labute approximate surface area is 196 Å². The molecular weight excluding hydrogens is 410 g/mol. The summed E-state index contributed by atoms with van der Waals surface area (Å²) < 4.78 is 0. The van der Waals surface area contributed by atoms with E-state index in [9.17, 15) is 9.59 Å². The Bertz CT molecular complexity index is 986. The molecule has 3 aliphatic rings. The number of likely N-dealkylation sites (tertiary alicyclic amines) is 1. The average molecular weight is 446 g/mol. The number of hydrogen-bond donors (Lipinski definition) is 2. The van der Waals surface area contributed by atoms with Crippen LogP contribution in [0.4, 0.5) is 5.69 Å². The summed E-state index contributed by atoms with van der Waals surface area (Å²) in [6.07, 6.45) is 2.64. The monoisotopic (exact) mass is 445 g/mol. The van der Waals surface area contributed by atoms with Gasteiger partial charge in [0.2, 0.25) is 11.8 Å². The van der Waals surface area contributed by atoms with Gasteiger partial charge in [-0.05, 0) is 59.4 Å². The number of fused-ring (bicyclic) bond motifs is 1. The van der Waals surface area contributed by atoms with Gasteiger partial charge in [0.15, 0.2) is 0 Å². The quantitative estimate of drug-likeness (QED) is 0.600. The molecule has 0 radical (unpaired) electrons. The lowest BCUT2D eigenvalue weighted by molar-refractivity contribution is -0.135. The van der Waals surface area contributed by atoms with E-state index in [1.807, 2.05) is 0 Å². The first kappa shape index (κ1) is 22.1. The summed E-state index contributed by atoms with van der Waals surface area (Å²) in [4.78, 5) is 26.5. The Hall–Kier alpha value is -2.66. The number of carbonyl (C=O) groups excluding carboxylic acids is 2. The third-order valence-corrected chi connectivity index (χ3v) is 8.28. The van der Waals surface area contributed by atoms with E-state index < -0.39 is 0 Å². The number of rotatable bonds is 8. The van der Waals surface area contributed by atoms with Crippen molar-refractivity contribution < 1.29 is 9.59 Å². The lowest BCUT2D eigenvalue weighted by atomic mass is 9.71. The van der Waals surface area contributed by atoms with E-state index >= 15 is 0 Å². The van der Waals surface area contributed by atoms with Crippen molar-refractivity contribution in [2.45, 2.75) is 51.5 Å². The van der Waals surface area contributed by atoms with Gasteiger partial charge in [0, 0.05) is 50.1 Å². The van der Waals surface area contributed by atoms with Crippen LogP contribution in [-0.4, -0.2) is 36.3 Å². The van der Waals surface area contributed by atoms with E-state index in [1.54, 1.807) is 0 Å². The zero-order valence-electron chi connectivity index (χ0n) is 19.8. The zero-order chi connectivity index (χ0) is 23.0. The van der Waals surface area contributed by atoms with Crippen molar-refractivity contribution in [1.29, 1.82) is 0 Å². The number of nitrogens with zero attached hydrogens (tertiary/aromatic N) is 1. The van der Waals surface area contributed by atoms with Crippen molar-refractivity contribution in [2.24, 2.45) is 17.8 Å². The molecule has 5 heteroatoms. The van der Waals surface area contributed by atoms with Crippen LogP contribution in [-0.2, 0) is 28.0 Å². The van der Waals surface area contributed by atoms with Crippen LogP contribution in [0.1, 0.15) is 49.8 Å². The van der Waals surface area contributed by atoms with Crippen molar-refractivity contribution in [3.8, 4) is 0 Å². The molecule has 5 rings (SSSR count). The minimum Gasteiger partial charge on any atom is -0.385 e. The highest BCUT2D eigenvalue weighted by atomic mass is 16.2. The van der Waals surface area contributed by atoms with Crippen LogP contribution in [0.2, 0.25) is 0 Å². The van der Waals surface area contributed by atoms with E-state index in [2.05, 4.69) is 77.9 Å². The Morgan fingerprint density at radius 1 is 0.909 bits per heavy atom. The van der Waals surface area contributed by atoms with Gasteiger partial charge in [0.25, 0.3) is 0 Å². The number of amides is 2. The SMILES string of the molecule is CCc1ccc(CN2CC3C(CNc4ccc(C5(CC)CC(=O)NC(=O)C5)cc4)C3C2)cc1. The first-order chi connectivity index (χ1) is 16.0. The Kier molecular flexibility index (Phi) is 6.00. The lowest BCUT2D eigenvalue weighted by Gasteiger charge is -2.35. The number of piperidine rings is 2. The van der Waals surface area contributed by atoms with Gasteiger partial charge in [-0.15, -0.1) is 0 Å². The number of anilines is 1. The standard InChI is InChI=1S/C28H35N3O2/c1-3-19-5-7-20(8-6-19)16-31-17-24-23(25(24)18-31)15-29-22-11-9-21(10-12-22)28(4-2)13-26(32)30-27(33)14-28/h5-12,23-25,29H,3-4,13-18H2,1-2H3,(H,30,32,33). The van der Waals surface area contributed by atoms with E-state index in [-0.39, 0.29) is 17.2 Å². The highest BCUT2D eigenvalue weighted by Crippen LogP contribution is 2.51.